The average molecular weight is 225 g/mol. The van der Waals surface area contributed by atoms with E-state index in [9.17, 15) is 4.79 Å². The van der Waals surface area contributed by atoms with Crippen LogP contribution in [0.1, 0.15) is 23.2 Å². The Labute approximate surface area is 91.1 Å². The van der Waals surface area contributed by atoms with E-state index in [1.54, 1.807) is 22.7 Å². The van der Waals surface area contributed by atoms with E-state index in [1.807, 2.05) is 6.92 Å². The Balaban J connectivity index is 2.81. The number of aromatic nitrogens is 2. The molecule has 0 unspecified atom stereocenters. The molecule has 2 aromatic heterocycles. The van der Waals surface area contributed by atoms with Gasteiger partial charge in [-0.05, 0) is 12.1 Å². The molecule has 1 N–H and O–H groups in total. The summed E-state index contributed by atoms with van der Waals surface area (Å²) in [6.07, 6.45) is 2.34. The molecule has 2 aromatic rings. The van der Waals surface area contributed by atoms with Crippen LogP contribution in [0.5, 0.6) is 0 Å². The van der Waals surface area contributed by atoms with Crippen LogP contribution in [0.15, 0.2) is 18.3 Å². The predicted molar refractivity (Wildman–Crippen MR) is 56.5 cm³/mol. The molecule has 2 heterocycles. The standard InChI is InChI=1S/C10H9ClN2O2/c1-2-8-12-9(10(14)15)7-4-3-6(11)5-13(7)8/h3-5H,2H2,1H3,(H,14,15). The van der Waals surface area contributed by atoms with Gasteiger partial charge in [0, 0.05) is 12.6 Å². The highest BCUT2D eigenvalue weighted by Gasteiger charge is 2.15. The number of rotatable bonds is 2. The van der Waals surface area contributed by atoms with E-state index in [2.05, 4.69) is 4.98 Å². The lowest BCUT2D eigenvalue weighted by atomic mass is 10.3. The number of hydrogen-bond acceptors (Lipinski definition) is 2. The van der Waals surface area contributed by atoms with Crippen molar-refractivity contribution in [2.75, 3.05) is 0 Å². The Kier molecular flexibility index (Phi) is 2.36. The van der Waals surface area contributed by atoms with Crippen molar-refractivity contribution >= 4 is 23.1 Å². The Morgan fingerprint density at radius 3 is 2.93 bits per heavy atom. The van der Waals surface area contributed by atoms with Crippen molar-refractivity contribution in [1.29, 1.82) is 0 Å². The third kappa shape index (κ3) is 1.57. The number of nitrogens with zero attached hydrogens (tertiary/aromatic N) is 2. The topological polar surface area (TPSA) is 54.6 Å². The summed E-state index contributed by atoms with van der Waals surface area (Å²) in [5.41, 5.74) is 0.646. The molecule has 0 amide bonds. The second kappa shape index (κ2) is 3.55. The highest BCUT2D eigenvalue weighted by molar-refractivity contribution is 6.30. The van der Waals surface area contributed by atoms with Gasteiger partial charge in [0.1, 0.15) is 5.82 Å². The van der Waals surface area contributed by atoms with Gasteiger partial charge in [0.05, 0.1) is 10.5 Å². The van der Waals surface area contributed by atoms with Crippen LogP contribution in [0.25, 0.3) is 5.52 Å². The first-order valence-electron chi connectivity index (χ1n) is 4.53. The van der Waals surface area contributed by atoms with Gasteiger partial charge in [-0.1, -0.05) is 18.5 Å². The maximum absolute atomic E-state index is 10.9. The van der Waals surface area contributed by atoms with E-state index < -0.39 is 5.97 Å². The number of halogens is 1. The van der Waals surface area contributed by atoms with Crippen molar-refractivity contribution in [1.82, 2.24) is 9.38 Å². The van der Waals surface area contributed by atoms with E-state index >= 15 is 0 Å². The summed E-state index contributed by atoms with van der Waals surface area (Å²) in [5, 5.41) is 9.51. The third-order valence-corrected chi connectivity index (χ3v) is 2.42. The van der Waals surface area contributed by atoms with E-state index in [4.69, 9.17) is 16.7 Å². The summed E-state index contributed by atoms with van der Waals surface area (Å²) in [6.45, 7) is 1.92. The molecule has 4 nitrogen and oxygen atoms in total. The van der Waals surface area contributed by atoms with Gasteiger partial charge >= 0.3 is 5.97 Å². The summed E-state index contributed by atoms with van der Waals surface area (Å²) in [7, 11) is 0. The zero-order valence-corrected chi connectivity index (χ0v) is 8.82. The molecule has 0 spiro atoms. The number of carboxylic acid groups (broad SMARTS) is 1. The molecular formula is C10H9ClN2O2. The molecule has 5 heteroatoms. The number of aromatic carboxylic acids is 1. The van der Waals surface area contributed by atoms with Crippen molar-refractivity contribution in [3.63, 3.8) is 0 Å². The fourth-order valence-electron chi connectivity index (χ4n) is 1.53. The maximum atomic E-state index is 10.9. The molecule has 78 valence electrons. The molecule has 0 saturated heterocycles. The molecule has 0 fully saturated rings. The first-order chi connectivity index (χ1) is 7.13. The first kappa shape index (κ1) is 9.98. The molecule has 0 aliphatic rings. The number of carbonyl (C=O) groups is 1. The minimum atomic E-state index is -1.02. The third-order valence-electron chi connectivity index (χ3n) is 2.19. The fourth-order valence-corrected chi connectivity index (χ4v) is 1.69. The number of imidazole rings is 1. The quantitative estimate of drug-likeness (QED) is 0.851. The van der Waals surface area contributed by atoms with Crippen LogP contribution in [0.4, 0.5) is 0 Å². The lowest BCUT2D eigenvalue weighted by molar-refractivity contribution is 0.0693. The number of carboxylic acids is 1. The van der Waals surface area contributed by atoms with Crippen LogP contribution >= 0.6 is 11.6 Å². The van der Waals surface area contributed by atoms with Crippen LogP contribution in [-0.4, -0.2) is 20.5 Å². The van der Waals surface area contributed by atoms with Gasteiger partial charge < -0.3 is 9.51 Å². The van der Waals surface area contributed by atoms with Crippen LogP contribution < -0.4 is 0 Å². The predicted octanol–water partition coefficient (Wildman–Crippen LogP) is 2.25. The number of pyridine rings is 1. The molecule has 2 rings (SSSR count). The normalized spacial score (nSPS) is 10.8. The van der Waals surface area contributed by atoms with Crippen molar-refractivity contribution in [3.8, 4) is 0 Å². The Morgan fingerprint density at radius 2 is 2.33 bits per heavy atom. The van der Waals surface area contributed by atoms with Gasteiger partial charge in [0.2, 0.25) is 0 Å². The minimum Gasteiger partial charge on any atom is -0.476 e. The van der Waals surface area contributed by atoms with Crippen molar-refractivity contribution in [3.05, 3.63) is 34.9 Å². The largest absolute Gasteiger partial charge is 0.476 e. The second-order valence-corrected chi connectivity index (χ2v) is 3.57. The first-order valence-corrected chi connectivity index (χ1v) is 4.91. The lowest BCUT2D eigenvalue weighted by Gasteiger charge is -1.98. The molecule has 0 radical (unpaired) electrons. The van der Waals surface area contributed by atoms with Gasteiger partial charge in [0.15, 0.2) is 5.69 Å². The second-order valence-electron chi connectivity index (χ2n) is 3.14. The monoisotopic (exact) mass is 224 g/mol. The smallest absolute Gasteiger partial charge is 0.356 e. The van der Waals surface area contributed by atoms with E-state index in [-0.39, 0.29) is 5.69 Å². The summed E-state index contributed by atoms with van der Waals surface area (Å²) in [5.74, 6) is -0.320. The molecule has 0 aliphatic heterocycles. The summed E-state index contributed by atoms with van der Waals surface area (Å²) in [4.78, 5) is 15.0. The van der Waals surface area contributed by atoms with Crippen molar-refractivity contribution in [2.45, 2.75) is 13.3 Å². The molecular weight excluding hydrogens is 216 g/mol. The van der Waals surface area contributed by atoms with Gasteiger partial charge in [-0.2, -0.15) is 0 Å². The zero-order valence-electron chi connectivity index (χ0n) is 8.07. The van der Waals surface area contributed by atoms with Crippen LogP contribution in [0.3, 0.4) is 0 Å². The average Bonchev–Trinajstić information content (AvgIpc) is 2.55. The SMILES string of the molecule is CCc1nc(C(=O)O)c2ccc(Cl)cn12. The van der Waals surface area contributed by atoms with E-state index in [0.29, 0.717) is 22.8 Å². The van der Waals surface area contributed by atoms with Gasteiger partial charge in [0.25, 0.3) is 0 Å². The van der Waals surface area contributed by atoms with Crippen molar-refractivity contribution in [2.24, 2.45) is 0 Å². The van der Waals surface area contributed by atoms with Gasteiger partial charge in [-0.25, -0.2) is 9.78 Å². The van der Waals surface area contributed by atoms with E-state index in [1.165, 1.54) is 0 Å². The number of aryl methyl sites for hydroxylation is 1. The summed E-state index contributed by atoms with van der Waals surface area (Å²) < 4.78 is 1.71. The Bertz CT molecular complexity index is 533. The van der Waals surface area contributed by atoms with Crippen LogP contribution in [0, 0.1) is 0 Å². The minimum absolute atomic E-state index is 0.0727. The highest BCUT2D eigenvalue weighted by Crippen LogP contribution is 2.17. The summed E-state index contributed by atoms with van der Waals surface area (Å²) >= 11 is 5.84. The molecule has 0 aliphatic carbocycles. The zero-order chi connectivity index (χ0) is 11.0. The molecule has 0 aromatic carbocycles. The highest BCUT2D eigenvalue weighted by atomic mass is 35.5. The Hall–Kier alpha value is -1.55. The molecule has 0 bridgehead atoms. The fraction of sp³-hybridized carbons (Fsp3) is 0.200. The lowest BCUT2D eigenvalue weighted by Crippen LogP contribution is -1.97. The van der Waals surface area contributed by atoms with Crippen molar-refractivity contribution < 1.29 is 9.90 Å². The Morgan fingerprint density at radius 1 is 1.60 bits per heavy atom. The van der Waals surface area contributed by atoms with Crippen LogP contribution in [0.2, 0.25) is 5.02 Å². The molecule has 15 heavy (non-hydrogen) atoms. The molecule has 0 saturated carbocycles. The van der Waals surface area contributed by atoms with Gasteiger partial charge in [-0.3, -0.25) is 0 Å². The van der Waals surface area contributed by atoms with Crippen LogP contribution in [-0.2, 0) is 6.42 Å². The summed E-state index contributed by atoms with van der Waals surface area (Å²) in [6, 6.07) is 3.32. The number of hydrogen-bond donors (Lipinski definition) is 1. The van der Waals surface area contributed by atoms with E-state index in [0.717, 1.165) is 0 Å². The number of fused-ring (bicyclic) bond motifs is 1. The van der Waals surface area contributed by atoms with Gasteiger partial charge in [-0.15, -0.1) is 0 Å². The molecule has 0 atom stereocenters. The maximum Gasteiger partial charge on any atom is 0.356 e.